The van der Waals surface area contributed by atoms with Crippen molar-refractivity contribution in [2.24, 2.45) is 0 Å². The van der Waals surface area contributed by atoms with E-state index < -0.39 is 6.04 Å². The van der Waals surface area contributed by atoms with Crippen LogP contribution in [0.2, 0.25) is 0 Å². The first-order valence-electron chi connectivity index (χ1n) is 9.13. The minimum atomic E-state index is -0.692. The minimum Gasteiger partial charge on any atom is -0.350 e. The lowest BCUT2D eigenvalue weighted by Gasteiger charge is -2.20. The summed E-state index contributed by atoms with van der Waals surface area (Å²) in [5.41, 5.74) is 3.22. The van der Waals surface area contributed by atoms with E-state index in [1.807, 2.05) is 49.4 Å². The molecule has 140 valence electrons. The maximum absolute atomic E-state index is 14.3. The number of rotatable bonds is 5. The zero-order valence-corrected chi connectivity index (χ0v) is 15.5. The highest BCUT2D eigenvalue weighted by Crippen LogP contribution is 2.28. The van der Waals surface area contributed by atoms with Crippen LogP contribution < -0.4 is 5.32 Å². The number of halogens is 1. The molecule has 0 saturated carbocycles. The summed E-state index contributed by atoms with van der Waals surface area (Å²) in [4.78, 5) is 17.6. The predicted molar refractivity (Wildman–Crippen MR) is 107 cm³/mol. The first-order valence-corrected chi connectivity index (χ1v) is 9.13. The second kappa shape index (κ2) is 7.64. The third kappa shape index (κ3) is 3.39. The molecule has 28 heavy (non-hydrogen) atoms. The Hall–Kier alpha value is -3.47. The Kier molecular flexibility index (Phi) is 4.89. The van der Waals surface area contributed by atoms with Crippen molar-refractivity contribution in [3.63, 3.8) is 0 Å². The van der Waals surface area contributed by atoms with Crippen LogP contribution in [0.25, 0.3) is 10.9 Å². The van der Waals surface area contributed by atoms with E-state index in [0.29, 0.717) is 23.1 Å². The van der Waals surface area contributed by atoms with Gasteiger partial charge in [0.15, 0.2) is 6.04 Å². The van der Waals surface area contributed by atoms with Crippen molar-refractivity contribution in [3.05, 3.63) is 102 Å². The summed E-state index contributed by atoms with van der Waals surface area (Å²) in [5, 5.41) is 3.49. The van der Waals surface area contributed by atoms with Crippen LogP contribution in [0.1, 0.15) is 22.9 Å². The summed E-state index contributed by atoms with van der Waals surface area (Å²) >= 11 is 0. The number of fused-ring (bicyclic) bond motifs is 1. The number of carbonyl (C=O) groups excluding carboxylic acids is 1. The zero-order valence-electron chi connectivity index (χ0n) is 15.5. The molecular weight excluding hydrogens is 353 g/mol. The number of pyridine rings is 1. The molecule has 2 aromatic carbocycles. The van der Waals surface area contributed by atoms with Crippen LogP contribution in [0.3, 0.4) is 0 Å². The average Bonchev–Trinajstić information content (AvgIpc) is 3.17. The Bertz CT molecular complexity index is 1110. The minimum absolute atomic E-state index is 0.191. The fourth-order valence-electron chi connectivity index (χ4n) is 3.46. The van der Waals surface area contributed by atoms with Gasteiger partial charge in [-0.15, -0.1) is 0 Å². The lowest BCUT2D eigenvalue weighted by molar-refractivity contribution is -0.123. The molecule has 4 rings (SSSR count). The van der Waals surface area contributed by atoms with Gasteiger partial charge in [-0.3, -0.25) is 9.78 Å². The second-order valence-electron chi connectivity index (χ2n) is 6.71. The number of amides is 1. The molecule has 0 aliphatic carbocycles. The predicted octanol–water partition coefficient (Wildman–Crippen LogP) is 4.39. The van der Waals surface area contributed by atoms with Gasteiger partial charge in [-0.1, -0.05) is 42.5 Å². The van der Waals surface area contributed by atoms with Crippen molar-refractivity contribution in [3.8, 4) is 0 Å². The number of benzene rings is 2. The Balaban J connectivity index is 1.75. The number of carbonyl (C=O) groups is 1. The van der Waals surface area contributed by atoms with E-state index in [9.17, 15) is 9.18 Å². The summed E-state index contributed by atoms with van der Waals surface area (Å²) in [7, 11) is 0. The van der Waals surface area contributed by atoms with Gasteiger partial charge in [-0.2, -0.15) is 0 Å². The normalized spacial score (nSPS) is 12.1. The molecule has 1 atom stereocenters. The van der Waals surface area contributed by atoms with Crippen molar-refractivity contribution in [2.75, 3.05) is 0 Å². The molecule has 1 amide bonds. The van der Waals surface area contributed by atoms with Gasteiger partial charge in [0, 0.05) is 24.3 Å². The summed E-state index contributed by atoms with van der Waals surface area (Å²) < 4.78 is 16.1. The fourth-order valence-corrected chi connectivity index (χ4v) is 3.46. The number of hydrogen-bond donors (Lipinski definition) is 1. The third-order valence-electron chi connectivity index (χ3n) is 4.83. The van der Waals surface area contributed by atoms with Gasteiger partial charge in [0.05, 0.1) is 11.2 Å². The highest BCUT2D eigenvalue weighted by Gasteiger charge is 2.26. The zero-order chi connectivity index (χ0) is 19.5. The first kappa shape index (κ1) is 17.9. The molecule has 1 unspecified atom stereocenters. The van der Waals surface area contributed by atoms with E-state index in [-0.39, 0.29) is 11.7 Å². The van der Waals surface area contributed by atoms with Crippen molar-refractivity contribution in [1.29, 1.82) is 0 Å². The fraction of sp³-hybridized carbons (Fsp3) is 0.130. The van der Waals surface area contributed by atoms with Gasteiger partial charge in [0.2, 0.25) is 5.91 Å². The monoisotopic (exact) mass is 373 g/mol. The largest absolute Gasteiger partial charge is 0.350 e. The third-order valence-corrected chi connectivity index (χ3v) is 4.83. The van der Waals surface area contributed by atoms with E-state index in [1.165, 1.54) is 6.07 Å². The number of nitrogens with zero attached hydrogens (tertiary/aromatic N) is 2. The highest BCUT2D eigenvalue weighted by atomic mass is 19.1. The van der Waals surface area contributed by atoms with Crippen LogP contribution in [0.15, 0.2) is 79.1 Å². The van der Waals surface area contributed by atoms with Gasteiger partial charge < -0.3 is 9.88 Å². The maximum atomic E-state index is 14.3. The van der Waals surface area contributed by atoms with Crippen LogP contribution in [-0.2, 0) is 11.3 Å². The standard InChI is InChI=1S/C23H20FN3O/c1-16-10-11-19(24)18-12-14-27(21(16)18)22(20-9-5-6-13-25-20)23(28)26-15-17-7-3-2-4-8-17/h2-14,22H,15H2,1H3,(H,26,28). The van der Waals surface area contributed by atoms with E-state index in [4.69, 9.17) is 0 Å². The molecule has 4 nitrogen and oxygen atoms in total. The Morgan fingerprint density at radius 3 is 2.61 bits per heavy atom. The summed E-state index contributed by atoms with van der Waals surface area (Å²) in [6.45, 7) is 2.32. The molecule has 4 aromatic rings. The van der Waals surface area contributed by atoms with E-state index >= 15 is 0 Å². The topological polar surface area (TPSA) is 46.9 Å². The van der Waals surface area contributed by atoms with Crippen molar-refractivity contribution in [2.45, 2.75) is 19.5 Å². The molecule has 0 aliphatic rings. The Labute approximate surface area is 162 Å². The molecular formula is C23H20FN3O. The second-order valence-corrected chi connectivity index (χ2v) is 6.71. The molecule has 1 N–H and O–H groups in total. The molecule has 5 heteroatoms. The summed E-state index contributed by atoms with van der Waals surface area (Å²) in [6.07, 6.45) is 3.41. The molecule has 0 saturated heterocycles. The van der Waals surface area contributed by atoms with Gasteiger partial charge >= 0.3 is 0 Å². The number of nitrogens with one attached hydrogen (secondary N) is 1. The molecule has 0 spiro atoms. The summed E-state index contributed by atoms with van der Waals surface area (Å²) in [5.74, 6) is -0.493. The smallest absolute Gasteiger partial charge is 0.249 e. The molecule has 0 aliphatic heterocycles. The Morgan fingerprint density at radius 1 is 1.07 bits per heavy atom. The van der Waals surface area contributed by atoms with Gasteiger partial charge in [-0.25, -0.2) is 4.39 Å². The highest BCUT2D eigenvalue weighted by molar-refractivity contribution is 5.89. The number of hydrogen-bond acceptors (Lipinski definition) is 2. The van der Waals surface area contributed by atoms with Crippen LogP contribution in [-0.4, -0.2) is 15.5 Å². The maximum Gasteiger partial charge on any atom is 0.249 e. The average molecular weight is 373 g/mol. The lowest BCUT2D eigenvalue weighted by Crippen LogP contribution is -2.33. The van der Waals surface area contributed by atoms with Crippen LogP contribution in [0.4, 0.5) is 4.39 Å². The SMILES string of the molecule is Cc1ccc(F)c2ccn(C(C(=O)NCc3ccccc3)c3ccccn3)c12. The van der Waals surface area contributed by atoms with Gasteiger partial charge in [0.25, 0.3) is 0 Å². The number of aryl methyl sites for hydroxylation is 1. The molecule has 2 heterocycles. The van der Waals surface area contributed by atoms with E-state index in [2.05, 4.69) is 10.3 Å². The van der Waals surface area contributed by atoms with Crippen molar-refractivity contribution >= 4 is 16.8 Å². The number of aromatic nitrogens is 2. The van der Waals surface area contributed by atoms with Gasteiger partial charge in [0.1, 0.15) is 5.82 Å². The van der Waals surface area contributed by atoms with E-state index in [1.54, 1.807) is 35.2 Å². The lowest BCUT2D eigenvalue weighted by atomic mass is 10.1. The molecule has 0 bridgehead atoms. The van der Waals surface area contributed by atoms with Crippen LogP contribution >= 0.6 is 0 Å². The van der Waals surface area contributed by atoms with Crippen LogP contribution in [0.5, 0.6) is 0 Å². The summed E-state index contributed by atoms with van der Waals surface area (Å²) in [6, 6.07) is 19.4. The van der Waals surface area contributed by atoms with Gasteiger partial charge in [-0.05, 0) is 42.3 Å². The van der Waals surface area contributed by atoms with Crippen molar-refractivity contribution < 1.29 is 9.18 Å². The molecule has 0 radical (unpaired) electrons. The van der Waals surface area contributed by atoms with E-state index in [0.717, 1.165) is 11.1 Å². The Morgan fingerprint density at radius 2 is 1.86 bits per heavy atom. The quantitative estimate of drug-likeness (QED) is 0.564. The first-order chi connectivity index (χ1) is 13.6. The molecule has 0 fully saturated rings. The molecule has 2 aromatic heterocycles. The van der Waals surface area contributed by atoms with Crippen molar-refractivity contribution in [1.82, 2.24) is 14.9 Å². The van der Waals surface area contributed by atoms with Crippen LogP contribution in [0, 0.1) is 12.7 Å².